The molecular weight excluding hydrogens is 425 g/mol. The summed E-state index contributed by atoms with van der Waals surface area (Å²) in [6, 6.07) is 14.1. The fraction of sp³-hybridized carbons (Fsp3) is 0. The highest BCUT2D eigenvalue weighted by atomic mass is 32.1. The van der Waals surface area contributed by atoms with E-state index in [-0.39, 0.29) is 39.1 Å². The van der Waals surface area contributed by atoms with Crippen LogP contribution in [0.3, 0.4) is 0 Å². The number of hydrogen-bond donors (Lipinski definition) is 1. The number of nitrogens with one attached hydrogen (secondary N) is 1. The molecule has 0 unspecified atom stereocenters. The Kier molecular flexibility index (Phi) is 5.14. The van der Waals surface area contributed by atoms with Crippen molar-refractivity contribution in [3.8, 4) is 11.3 Å². The molecule has 0 aliphatic carbocycles. The second-order valence-electron chi connectivity index (χ2n) is 6.41. The lowest BCUT2D eigenvalue weighted by Gasteiger charge is -2.28. The van der Waals surface area contributed by atoms with Crippen molar-refractivity contribution in [3.63, 3.8) is 0 Å². The maximum atomic E-state index is 13.2. The van der Waals surface area contributed by atoms with Crippen LogP contribution in [0, 0.1) is 15.9 Å². The summed E-state index contributed by atoms with van der Waals surface area (Å²) in [7, 11) is 0. The number of amides is 2. The van der Waals surface area contributed by atoms with Crippen LogP contribution in [0.4, 0.5) is 15.8 Å². The van der Waals surface area contributed by atoms with Crippen molar-refractivity contribution < 1.29 is 23.3 Å². The van der Waals surface area contributed by atoms with Gasteiger partial charge in [-0.2, -0.15) is 0 Å². The zero-order chi connectivity index (χ0) is 22.1. The number of benzene rings is 2. The molecule has 0 saturated carbocycles. The zero-order valence-corrected chi connectivity index (χ0v) is 16.4. The van der Waals surface area contributed by atoms with Crippen molar-refractivity contribution in [1.82, 2.24) is 5.32 Å². The molecule has 10 heteroatoms. The molecule has 3 aromatic rings. The molecule has 31 heavy (non-hydrogen) atoms. The van der Waals surface area contributed by atoms with Gasteiger partial charge in [0, 0.05) is 6.07 Å². The van der Waals surface area contributed by atoms with Gasteiger partial charge in [-0.25, -0.2) is 4.39 Å². The van der Waals surface area contributed by atoms with Crippen molar-refractivity contribution in [3.05, 3.63) is 87.9 Å². The van der Waals surface area contributed by atoms with Gasteiger partial charge in [0.15, 0.2) is 5.11 Å². The number of furan rings is 1. The predicted molar refractivity (Wildman–Crippen MR) is 113 cm³/mol. The van der Waals surface area contributed by atoms with Crippen molar-refractivity contribution >= 4 is 46.6 Å². The summed E-state index contributed by atoms with van der Waals surface area (Å²) in [5.41, 5.74) is 0.129. The molecule has 4 rings (SSSR count). The van der Waals surface area contributed by atoms with Crippen molar-refractivity contribution in [2.45, 2.75) is 0 Å². The minimum Gasteiger partial charge on any atom is -0.456 e. The number of halogens is 1. The number of anilines is 1. The van der Waals surface area contributed by atoms with Crippen molar-refractivity contribution in [2.24, 2.45) is 0 Å². The van der Waals surface area contributed by atoms with E-state index in [0.717, 1.165) is 17.0 Å². The molecule has 8 nitrogen and oxygen atoms in total. The number of thiocarbonyl (C=S) groups is 1. The molecular formula is C21H12FN3O5S. The Morgan fingerprint density at radius 1 is 1.06 bits per heavy atom. The van der Waals surface area contributed by atoms with E-state index in [9.17, 15) is 24.1 Å². The molecule has 1 saturated heterocycles. The normalized spacial score (nSPS) is 15.3. The lowest BCUT2D eigenvalue weighted by molar-refractivity contribution is -0.384. The van der Waals surface area contributed by atoms with Gasteiger partial charge in [0.2, 0.25) is 0 Å². The first kappa shape index (κ1) is 20.1. The van der Waals surface area contributed by atoms with Gasteiger partial charge < -0.3 is 4.42 Å². The summed E-state index contributed by atoms with van der Waals surface area (Å²) in [6.07, 6.45) is 1.22. The predicted octanol–water partition coefficient (Wildman–Crippen LogP) is 3.83. The van der Waals surface area contributed by atoms with Crippen LogP contribution in [0.1, 0.15) is 5.76 Å². The number of rotatable bonds is 4. The van der Waals surface area contributed by atoms with E-state index in [1.54, 1.807) is 6.07 Å². The molecule has 0 bridgehead atoms. The number of hydrogen-bond acceptors (Lipinski definition) is 6. The fourth-order valence-corrected chi connectivity index (χ4v) is 3.32. The molecule has 1 fully saturated rings. The molecule has 2 amide bonds. The molecule has 1 aliphatic heterocycles. The first-order valence-electron chi connectivity index (χ1n) is 8.86. The molecule has 2 heterocycles. The Morgan fingerprint density at radius 2 is 1.77 bits per heavy atom. The average molecular weight is 437 g/mol. The number of nitro groups is 1. The van der Waals surface area contributed by atoms with Crippen LogP contribution in [-0.4, -0.2) is 21.9 Å². The molecule has 1 aliphatic rings. The average Bonchev–Trinajstić information content (AvgIpc) is 3.21. The summed E-state index contributed by atoms with van der Waals surface area (Å²) in [5, 5.41) is 13.5. The molecule has 1 aromatic heterocycles. The topological polar surface area (TPSA) is 106 Å². The largest absolute Gasteiger partial charge is 0.456 e. The molecule has 0 radical (unpaired) electrons. The lowest BCUT2D eigenvalue weighted by atomic mass is 10.1. The third-order valence-electron chi connectivity index (χ3n) is 4.47. The van der Waals surface area contributed by atoms with Gasteiger partial charge in [-0.15, -0.1) is 0 Å². The van der Waals surface area contributed by atoms with E-state index in [0.29, 0.717) is 0 Å². The second-order valence-corrected chi connectivity index (χ2v) is 6.80. The highest BCUT2D eigenvalue weighted by molar-refractivity contribution is 7.80. The van der Waals surface area contributed by atoms with Crippen LogP contribution in [0.15, 0.2) is 70.7 Å². The van der Waals surface area contributed by atoms with Crippen LogP contribution >= 0.6 is 12.2 Å². The first-order valence-corrected chi connectivity index (χ1v) is 9.26. The highest BCUT2D eigenvalue weighted by Gasteiger charge is 2.34. The van der Waals surface area contributed by atoms with Gasteiger partial charge in [0.05, 0.1) is 16.2 Å². The van der Waals surface area contributed by atoms with E-state index in [1.165, 1.54) is 48.5 Å². The van der Waals surface area contributed by atoms with E-state index in [4.69, 9.17) is 16.6 Å². The summed E-state index contributed by atoms with van der Waals surface area (Å²) >= 11 is 5.09. The van der Waals surface area contributed by atoms with Crippen LogP contribution in [0.5, 0.6) is 0 Å². The molecule has 1 N–H and O–H groups in total. The van der Waals surface area contributed by atoms with Crippen molar-refractivity contribution in [1.29, 1.82) is 0 Å². The maximum absolute atomic E-state index is 13.2. The number of carbonyl (C=O) groups is 2. The van der Waals surface area contributed by atoms with Gasteiger partial charge in [-0.05, 0) is 60.8 Å². The van der Waals surface area contributed by atoms with Crippen molar-refractivity contribution in [2.75, 3.05) is 4.90 Å². The maximum Gasteiger partial charge on any atom is 0.280 e. The molecule has 0 atom stereocenters. The highest BCUT2D eigenvalue weighted by Crippen LogP contribution is 2.31. The fourth-order valence-electron chi connectivity index (χ4n) is 3.04. The third kappa shape index (κ3) is 3.83. The van der Waals surface area contributed by atoms with Crippen LogP contribution < -0.4 is 10.2 Å². The van der Waals surface area contributed by atoms with Crippen LogP contribution in [-0.2, 0) is 9.59 Å². The quantitative estimate of drug-likeness (QED) is 0.219. The Morgan fingerprint density at radius 3 is 2.48 bits per heavy atom. The minimum atomic E-state index is -0.725. The standard InChI is InChI=1S/C21H12FN3O5S/c22-12-5-7-13(8-6-12)24-20(27)16(19(26)23-21(24)31)11-14-9-10-18(30-14)15-3-1-2-4-17(15)25(28)29/h1-11H,(H,23,26,31). The zero-order valence-electron chi connectivity index (χ0n) is 15.6. The summed E-state index contributed by atoms with van der Waals surface area (Å²) in [6.45, 7) is 0. The third-order valence-corrected chi connectivity index (χ3v) is 4.75. The molecule has 0 spiro atoms. The Labute approximate surface area is 179 Å². The second kappa shape index (κ2) is 7.92. The summed E-state index contributed by atoms with van der Waals surface area (Å²) in [5.74, 6) is -1.59. The van der Waals surface area contributed by atoms with E-state index in [2.05, 4.69) is 5.32 Å². The SMILES string of the molecule is O=C1NC(=S)N(c2ccc(F)cc2)C(=O)C1=Cc1ccc(-c2ccccc2[N+](=O)[O-])o1. The monoisotopic (exact) mass is 437 g/mol. The number of carbonyl (C=O) groups excluding carboxylic acids is 2. The van der Waals surface area contributed by atoms with Crippen LogP contribution in [0.2, 0.25) is 0 Å². The molecule has 2 aromatic carbocycles. The Hall–Kier alpha value is -4.18. The van der Waals surface area contributed by atoms with E-state index in [1.807, 2.05) is 0 Å². The van der Waals surface area contributed by atoms with Crippen LogP contribution in [0.25, 0.3) is 17.4 Å². The van der Waals surface area contributed by atoms with E-state index < -0.39 is 22.6 Å². The lowest BCUT2D eigenvalue weighted by Crippen LogP contribution is -2.54. The summed E-state index contributed by atoms with van der Waals surface area (Å²) in [4.78, 5) is 37.1. The van der Waals surface area contributed by atoms with Gasteiger partial charge in [0.25, 0.3) is 17.5 Å². The van der Waals surface area contributed by atoms with Gasteiger partial charge in [-0.3, -0.25) is 29.9 Å². The van der Waals surface area contributed by atoms with Gasteiger partial charge >= 0.3 is 0 Å². The smallest absolute Gasteiger partial charge is 0.280 e. The number of nitrogens with zero attached hydrogens (tertiary/aromatic N) is 2. The minimum absolute atomic E-state index is 0.138. The van der Waals surface area contributed by atoms with Gasteiger partial charge in [-0.1, -0.05) is 12.1 Å². The Bertz CT molecular complexity index is 1270. The van der Waals surface area contributed by atoms with E-state index >= 15 is 0 Å². The summed E-state index contributed by atoms with van der Waals surface area (Å²) < 4.78 is 18.9. The Balaban J connectivity index is 1.69. The van der Waals surface area contributed by atoms with Gasteiger partial charge in [0.1, 0.15) is 22.9 Å². The first-order chi connectivity index (χ1) is 14.8. The number of nitro benzene ring substituents is 1. The number of para-hydroxylation sites is 1. The molecule has 154 valence electrons.